The molecule has 0 bridgehead atoms. The van der Waals surface area contributed by atoms with Crippen molar-refractivity contribution in [3.63, 3.8) is 0 Å². The molecular formula is C14H24NO2Si. The van der Waals surface area contributed by atoms with E-state index in [1.54, 1.807) is 0 Å². The Bertz CT molecular complexity index is 386. The van der Waals surface area contributed by atoms with Crippen LogP contribution >= 0.6 is 0 Å². The fourth-order valence-electron chi connectivity index (χ4n) is 1.78. The van der Waals surface area contributed by atoms with Gasteiger partial charge < -0.3 is 9.53 Å². The van der Waals surface area contributed by atoms with Gasteiger partial charge in [-0.05, 0) is 36.1 Å². The van der Waals surface area contributed by atoms with Crippen molar-refractivity contribution in [1.29, 1.82) is 0 Å². The molecular weight excluding hydrogens is 242 g/mol. The van der Waals surface area contributed by atoms with Gasteiger partial charge in [-0.3, -0.25) is 4.98 Å². The van der Waals surface area contributed by atoms with E-state index >= 15 is 0 Å². The molecule has 0 amide bonds. The van der Waals surface area contributed by atoms with Gasteiger partial charge in [0.2, 0.25) is 9.04 Å². The molecule has 0 saturated heterocycles. The molecule has 0 saturated carbocycles. The molecule has 0 aliphatic heterocycles. The molecule has 0 spiro atoms. The molecule has 1 aromatic heterocycles. The summed E-state index contributed by atoms with van der Waals surface area (Å²) in [6, 6.07) is 2.15. The number of hydrogen-bond donors (Lipinski definition) is 1. The second-order valence-corrected chi connectivity index (χ2v) is 7.86. The van der Waals surface area contributed by atoms with E-state index in [9.17, 15) is 0 Å². The van der Waals surface area contributed by atoms with Crippen molar-refractivity contribution in [2.45, 2.75) is 52.3 Å². The van der Waals surface area contributed by atoms with Crippen LogP contribution < -0.4 is 0 Å². The third-order valence-electron chi connectivity index (χ3n) is 2.73. The third-order valence-corrected chi connectivity index (χ3v) is 3.45. The Kier molecular flexibility index (Phi) is 5.50. The number of aromatic nitrogens is 1. The van der Waals surface area contributed by atoms with Crippen LogP contribution in [0.2, 0.25) is 13.1 Å². The van der Waals surface area contributed by atoms with Crippen LogP contribution in [0.3, 0.4) is 0 Å². The average molecular weight is 266 g/mol. The topological polar surface area (TPSA) is 42.4 Å². The normalized spacial score (nSPS) is 12.2. The predicted molar refractivity (Wildman–Crippen MR) is 76.0 cm³/mol. The highest BCUT2D eigenvalue weighted by molar-refractivity contribution is 6.48. The maximum absolute atomic E-state index is 9.01. The monoisotopic (exact) mass is 266 g/mol. The summed E-state index contributed by atoms with van der Waals surface area (Å²) in [5, 5.41) is 9.01. The van der Waals surface area contributed by atoms with Crippen molar-refractivity contribution in [1.82, 2.24) is 4.98 Å². The number of nitrogens with zero attached hydrogens (tertiary/aromatic N) is 1. The van der Waals surface area contributed by atoms with Gasteiger partial charge in [-0.15, -0.1) is 0 Å². The number of pyridine rings is 1. The number of hydrogen-bond acceptors (Lipinski definition) is 3. The molecule has 1 radical (unpaired) electrons. The lowest BCUT2D eigenvalue weighted by Gasteiger charge is -2.23. The fraction of sp³-hybridized carbons (Fsp3) is 0.643. The largest absolute Gasteiger partial charge is 0.411 e. The molecule has 1 heterocycles. The van der Waals surface area contributed by atoms with Gasteiger partial charge in [0.1, 0.15) is 0 Å². The van der Waals surface area contributed by atoms with E-state index < -0.39 is 9.04 Å². The maximum atomic E-state index is 9.01. The Labute approximate surface area is 112 Å². The van der Waals surface area contributed by atoms with E-state index in [2.05, 4.69) is 44.9 Å². The van der Waals surface area contributed by atoms with Gasteiger partial charge in [0.25, 0.3) is 0 Å². The van der Waals surface area contributed by atoms with Gasteiger partial charge in [-0.1, -0.05) is 26.8 Å². The van der Waals surface area contributed by atoms with Gasteiger partial charge in [0.15, 0.2) is 0 Å². The van der Waals surface area contributed by atoms with E-state index in [0.717, 1.165) is 11.3 Å². The number of aliphatic hydroxyl groups is 1. The first kappa shape index (κ1) is 15.3. The first-order valence-electron chi connectivity index (χ1n) is 6.36. The minimum atomic E-state index is -0.694. The Morgan fingerprint density at radius 1 is 1.33 bits per heavy atom. The van der Waals surface area contributed by atoms with Crippen molar-refractivity contribution in [3.05, 3.63) is 29.1 Å². The number of rotatable bonds is 5. The molecule has 0 atom stereocenters. The average Bonchev–Trinajstić information content (AvgIpc) is 2.26. The Balaban J connectivity index is 3.01. The van der Waals surface area contributed by atoms with E-state index in [1.165, 1.54) is 5.56 Å². The summed E-state index contributed by atoms with van der Waals surface area (Å²) in [6.45, 7) is 11.6. The second kappa shape index (κ2) is 6.45. The first-order valence-corrected chi connectivity index (χ1v) is 8.77. The van der Waals surface area contributed by atoms with Gasteiger partial charge in [0, 0.05) is 12.8 Å². The zero-order valence-electron chi connectivity index (χ0n) is 12.1. The van der Waals surface area contributed by atoms with Gasteiger partial charge >= 0.3 is 0 Å². The molecule has 4 heteroatoms. The first-order chi connectivity index (χ1) is 8.34. The SMILES string of the molecule is C[Si](C)OCc1ncc(CCO)cc1C(C)(C)C. The van der Waals surface area contributed by atoms with Crippen LogP contribution in [-0.2, 0) is 22.9 Å². The molecule has 0 aliphatic carbocycles. The summed E-state index contributed by atoms with van der Waals surface area (Å²) in [7, 11) is -0.694. The zero-order valence-corrected chi connectivity index (χ0v) is 13.1. The highest BCUT2D eigenvalue weighted by Gasteiger charge is 2.19. The summed E-state index contributed by atoms with van der Waals surface area (Å²) in [5.74, 6) is 0. The molecule has 1 rings (SSSR count). The van der Waals surface area contributed by atoms with E-state index in [-0.39, 0.29) is 12.0 Å². The lowest BCUT2D eigenvalue weighted by Crippen LogP contribution is -2.18. The smallest absolute Gasteiger partial charge is 0.205 e. The van der Waals surface area contributed by atoms with Crippen LogP contribution in [0.1, 0.15) is 37.6 Å². The van der Waals surface area contributed by atoms with Gasteiger partial charge in [0.05, 0.1) is 12.3 Å². The van der Waals surface area contributed by atoms with Crippen LogP contribution in [0.25, 0.3) is 0 Å². The highest BCUT2D eigenvalue weighted by atomic mass is 28.3. The maximum Gasteiger partial charge on any atom is 0.205 e. The second-order valence-electron chi connectivity index (χ2n) is 5.76. The van der Waals surface area contributed by atoms with E-state index in [1.807, 2.05) is 6.20 Å². The molecule has 0 fully saturated rings. The summed E-state index contributed by atoms with van der Waals surface area (Å²) >= 11 is 0. The summed E-state index contributed by atoms with van der Waals surface area (Å²) < 4.78 is 5.75. The molecule has 101 valence electrons. The van der Waals surface area contributed by atoms with Crippen molar-refractivity contribution in [2.75, 3.05) is 6.61 Å². The lowest BCUT2D eigenvalue weighted by atomic mass is 9.85. The minimum Gasteiger partial charge on any atom is -0.411 e. The van der Waals surface area contributed by atoms with E-state index in [4.69, 9.17) is 9.53 Å². The van der Waals surface area contributed by atoms with Crippen LogP contribution in [0.4, 0.5) is 0 Å². The Morgan fingerprint density at radius 3 is 2.50 bits per heavy atom. The van der Waals surface area contributed by atoms with Crippen molar-refractivity contribution in [2.24, 2.45) is 0 Å². The van der Waals surface area contributed by atoms with Crippen LogP contribution in [0.5, 0.6) is 0 Å². The lowest BCUT2D eigenvalue weighted by molar-refractivity contribution is 0.298. The van der Waals surface area contributed by atoms with Crippen LogP contribution in [-0.4, -0.2) is 25.7 Å². The van der Waals surface area contributed by atoms with Crippen LogP contribution in [0, 0.1) is 0 Å². The molecule has 0 unspecified atom stereocenters. The molecule has 0 aromatic carbocycles. The van der Waals surface area contributed by atoms with E-state index in [0.29, 0.717) is 13.0 Å². The minimum absolute atomic E-state index is 0.0472. The fourth-order valence-corrected chi connectivity index (χ4v) is 2.20. The third kappa shape index (κ3) is 4.52. The predicted octanol–water partition coefficient (Wildman–Crippen LogP) is 2.68. The highest BCUT2D eigenvalue weighted by Crippen LogP contribution is 2.26. The standard InChI is InChI=1S/C14H24NO2Si/c1-14(2,3)12-8-11(6-7-16)9-15-13(12)10-17-18(4)5/h8-9,16H,6-7,10H2,1-5H3. The molecule has 18 heavy (non-hydrogen) atoms. The molecule has 3 nitrogen and oxygen atoms in total. The summed E-state index contributed by atoms with van der Waals surface area (Å²) in [4.78, 5) is 4.52. The Morgan fingerprint density at radius 2 is 2.00 bits per heavy atom. The molecule has 0 aliphatic rings. The molecule has 1 aromatic rings. The van der Waals surface area contributed by atoms with Crippen molar-refractivity contribution >= 4 is 9.04 Å². The number of aliphatic hydroxyl groups excluding tert-OH is 1. The van der Waals surface area contributed by atoms with Gasteiger partial charge in [-0.2, -0.15) is 0 Å². The quantitative estimate of drug-likeness (QED) is 0.833. The van der Waals surface area contributed by atoms with Crippen LogP contribution in [0.15, 0.2) is 12.3 Å². The molecule has 1 N–H and O–H groups in total. The van der Waals surface area contributed by atoms with Crippen molar-refractivity contribution in [3.8, 4) is 0 Å². The summed E-state index contributed by atoms with van der Waals surface area (Å²) in [5.41, 5.74) is 3.38. The zero-order chi connectivity index (χ0) is 13.8. The van der Waals surface area contributed by atoms with Gasteiger partial charge in [-0.25, -0.2) is 0 Å². The Hall–Kier alpha value is -0.713. The van der Waals surface area contributed by atoms with Crippen molar-refractivity contribution < 1.29 is 9.53 Å². The summed E-state index contributed by atoms with van der Waals surface area (Å²) in [6.07, 6.45) is 2.51.